The fourth-order valence-corrected chi connectivity index (χ4v) is 4.02. The number of carbonyl (C=O) groups excluding carboxylic acids is 3. The van der Waals surface area contributed by atoms with Crippen molar-refractivity contribution in [1.29, 1.82) is 0 Å². The van der Waals surface area contributed by atoms with Gasteiger partial charge in [-0.2, -0.15) is 0 Å². The van der Waals surface area contributed by atoms with Crippen LogP contribution in [0.15, 0.2) is 12.3 Å². The van der Waals surface area contributed by atoms with Gasteiger partial charge in [0.1, 0.15) is 0 Å². The number of carbonyl (C=O) groups is 3. The van der Waals surface area contributed by atoms with Crippen LogP contribution in [0, 0.1) is 0 Å². The van der Waals surface area contributed by atoms with Gasteiger partial charge in [0, 0.05) is 20.8 Å². The van der Waals surface area contributed by atoms with E-state index in [4.69, 9.17) is 17.4 Å². The predicted molar refractivity (Wildman–Crippen MR) is 60.9 cm³/mol. The maximum Gasteiger partial charge on any atom is 0.888 e. The molecule has 0 unspecified atom stereocenters. The Balaban J connectivity index is 5.01. The second kappa shape index (κ2) is 6.98. The molecule has 0 aromatic rings. The summed E-state index contributed by atoms with van der Waals surface area (Å²) in [6, 6.07) is 0. The third-order valence-corrected chi connectivity index (χ3v) is 5.11. The maximum absolute atomic E-state index is 10.9. The fourth-order valence-electron chi connectivity index (χ4n) is 0.840. The van der Waals surface area contributed by atoms with E-state index in [0.717, 1.165) is 20.8 Å². The van der Waals surface area contributed by atoms with Crippen LogP contribution in [-0.2, 0) is 31.8 Å². The van der Waals surface area contributed by atoms with Gasteiger partial charge in [0.25, 0.3) is 17.9 Å². The van der Waals surface area contributed by atoms with Crippen molar-refractivity contribution in [2.75, 3.05) is 0 Å². The van der Waals surface area contributed by atoms with Gasteiger partial charge in [-0.1, -0.05) is 5.70 Å². The van der Waals surface area contributed by atoms with Crippen LogP contribution in [0.4, 0.5) is 0 Å². The standard InChI is InChI=1S/C8H14O7Si2/c1-5-16-15-17(12-6(2)9,13-7(3)10)14-8(4)11/h5H,1,16H2,2-4H3. The van der Waals surface area contributed by atoms with Gasteiger partial charge in [0.2, 0.25) is 0 Å². The summed E-state index contributed by atoms with van der Waals surface area (Å²) in [5, 5.41) is 0. The van der Waals surface area contributed by atoms with Gasteiger partial charge < -0.3 is 17.4 Å². The summed E-state index contributed by atoms with van der Waals surface area (Å²) in [4.78, 5) is 32.8. The summed E-state index contributed by atoms with van der Waals surface area (Å²) in [5.41, 5.74) is 1.47. The molecule has 0 atom stereocenters. The van der Waals surface area contributed by atoms with Crippen molar-refractivity contribution in [2.45, 2.75) is 20.8 Å². The number of hydrogen-bond donors (Lipinski definition) is 0. The average Bonchev–Trinajstić information content (AvgIpc) is 2.11. The van der Waals surface area contributed by atoms with Gasteiger partial charge in [0.15, 0.2) is 9.76 Å². The zero-order chi connectivity index (χ0) is 13.5. The molecule has 0 spiro atoms. The Hall–Kier alpha value is -1.46. The fraction of sp³-hybridized carbons (Fsp3) is 0.375. The van der Waals surface area contributed by atoms with Crippen LogP contribution in [0.3, 0.4) is 0 Å². The highest BCUT2D eigenvalue weighted by atomic mass is 28.4. The molecule has 0 aromatic carbocycles. The van der Waals surface area contributed by atoms with Crippen molar-refractivity contribution in [2.24, 2.45) is 0 Å². The van der Waals surface area contributed by atoms with E-state index in [0.29, 0.717) is 0 Å². The van der Waals surface area contributed by atoms with Gasteiger partial charge >= 0.3 is 9.05 Å². The summed E-state index contributed by atoms with van der Waals surface area (Å²) < 4.78 is 19.4. The molecular weight excluding hydrogens is 264 g/mol. The molecule has 7 nitrogen and oxygen atoms in total. The van der Waals surface area contributed by atoms with Gasteiger partial charge in [-0.3, -0.25) is 14.4 Å². The van der Waals surface area contributed by atoms with Crippen LogP contribution in [0.5, 0.6) is 0 Å². The lowest BCUT2D eigenvalue weighted by Gasteiger charge is -2.24. The molecule has 0 aliphatic heterocycles. The average molecular weight is 278 g/mol. The second-order valence-corrected chi connectivity index (χ2v) is 6.56. The molecule has 0 radical (unpaired) electrons. The maximum atomic E-state index is 10.9. The summed E-state index contributed by atoms with van der Waals surface area (Å²) in [6.07, 6.45) is 0. The van der Waals surface area contributed by atoms with Crippen molar-refractivity contribution >= 4 is 36.7 Å². The lowest BCUT2D eigenvalue weighted by Crippen LogP contribution is -2.53. The van der Waals surface area contributed by atoms with Crippen LogP contribution < -0.4 is 0 Å². The van der Waals surface area contributed by atoms with E-state index in [-0.39, 0.29) is 0 Å². The topological polar surface area (TPSA) is 88.1 Å². The Kier molecular flexibility index (Phi) is 6.39. The second-order valence-electron chi connectivity index (χ2n) is 2.88. The van der Waals surface area contributed by atoms with E-state index in [1.807, 2.05) is 0 Å². The molecule has 0 rings (SSSR count). The Morgan fingerprint density at radius 2 is 1.35 bits per heavy atom. The monoisotopic (exact) mass is 278 g/mol. The number of rotatable bonds is 6. The van der Waals surface area contributed by atoms with Crippen molar-refractivity contribution in [3.63, 3.8) is 0 Å². The molecule has 0 N–H and O–H groups in total. The van der Waals surface area contributed by atoms with E-state index in [1.165, 1.54) is 5.70 Å². The molecule has 0 heterocycles. The molecule has 0 aromatic heterocycles. The van der Waals surface area contributed by atoms with Crippen LogP contribution in [-0.4, -0.2) is 36.7 Å². The molecule has 96 valence electrons. The molecule has 0 bridgehead atoms. The minimum Gasteiger partial charge on any atom is -0.433 e. The van der Waals surface area contributed by atoms with E-state index in [1.54, 1.807) is 0 Å². The van der Waals surface area contributed by atoms with E-state index >= 15 is 0 Å². The SMILES string of the molecule is C=C[SiH2]O[Si](OC(C)=O)(OC(C)=O)OC(C)=O. The van der Waals surface area contributed by atoms with Crippen LogP contribution in [0.25, 0.3) is 0 Å². The largest absolute Gasteiger partial charge is 0.888 e. The van der Waals surface area contributed by atoms with Crippen molar-refractivity contribution in [3.8, 4) is 0 Å². The van der Waals surface area contributed by atoms with Crippen LogP contribution >= 0.6 is 0 Å². The first-order valence-electron chi connectivity index (χ1n) is 4.65. The third-order valence-electron chi connectivity index (χ3n) is 1.18. The van der Waals surface area contributed by atoms with Crippen molar-refractivity contribution < 1.29 is 31.8 Å². The molecule has 17 heavy (non-hydrogen) atoms. The molecular formula is C8H14O7Si2. The lowest BCUT2D eigenvalue weighted by molar-refractivity contribution is -0.152. The zero-order valence-electron chi connectivity index (χ0n) is 9.85. The molecule has 9 heteroatoms. The highest BCUT2D eigenvalue weighted by Crippen LogP contribution is 2.12. The molecule has 0 saturated heterocycles. The van der Waals surface area contributed by atoms with Crippen molar-refractivity contribution in [3.05, 3.63) is 12.3 Å². The minimum absolute atomic E-state index is 0.766. The summed E-state index contributed by atoms with van der Waals surface area (Å²) in [6.45, 7) is 6.71. The molecule has 0 amide bonds. The quantitative estimate of drug-likeness (QED) is 0.597. The van der Waals surface area contributed by atoms with E-state index < -0.39 is 36.7 Å². The van der Waals surface area contributed by atoms with E-state index in [9.17, 15) is 14.4 Å². The smallest absolute Gasteiger partial charge is 0.433 e. The van der Waals surface area contributed by atoms with Gasteiger partial charge in [-0.25, -0.2) is 0 Å². The third kappa shape index (κ3) is 6.65. The first-order chi connectivity index (χ1) is 7.81. The lowest BCUT2D eigenvalue weighted by atomic mass is 10.9. The Morgan fingerprint density at radius 1 is 1.00 bits per heavy atom. The van der Waals surface area contributed by atoms with Crippen molar-refractivity contribution in [1.82, 2.24) is 0 Å². The van der Waals surface area contributed by atoms with Gasteiger partial charge in [0.05, 0.1) is 0 Å². The summed E-state index contributed by atoms with van der Waals surface area (Å²) in [7, 11) is -5.38. The Labute approximate surface area is 102 Å². The molecule has 0 aliphatic carbocycles. The highest BCUT2D eigenvalue weighted by molar-refractivity contribution is 6.65. The highest BCUT2D eigenvalue weighted by Gasteiger charge is 2.56. The first kappa shape index (κ1) is 15.5. The van der Waals surface area contributed by atoms with E-state index in [2.05, 4.69) is 6.58 Å². The predicted octanol–water partition coefficient (Wildman–Crippen LogP) is -0.645. The molecule has 0 saturated carbocycles. The minimum atomic E-state index is -4.06. The summed E-state index contributed by atoms with van der Waals surface area (Å²) >= 11 is 0. The van der Waals surface area contributed by atoms with Crippen LogP contribution in [0.2, 0.25) is 0 Å². The van der Waals surface area contributed by atoms with Crippen LogP contribution in [0.1, 0.15) is 20.8 Å². The first-order valence-corrected chi connectivity index (χ1v) is 7.67. The normalized spacial score (nSPS) is 11.0. The van der Waals surface area contributed by atoms with Gasteiger partial charge in [-0.05, 0) is 0 Å². The number of hydrogen-bond acceptors (Lipinski definition) is 7. The summed E-state index contributed by atoms with van der Waals surface area (Å²) in [5.74, 6) is -2.30. The van der Waals surface area contributed by atoms with Gasteiger partial charge in [-0.15, -0.1) is 6.58 Å². The zero-order valence-corrected chi connectivity index (χ0v) is 12.3. The molecule has 0 fully saturated rings. The molecule has 0 aliphatic rings. The Bertz CT molecular complexity index is 287. The Morgan fingerprint density at radius 3 is 1.59 bits per heavy atom.